The minimum atomic E-state index is -1.17. The van der Waals surface area contributed by atoms with Crippen molar-refractivity contribution in [1.82, 2.24) is 0 Å². The molecule has 0 aliphatic carbocycles. The summed E-state index contributed by atoms with van der Waals surface area (Å²) in [5.41, 5.74) is 2.02. The van der Waals surface area contributed by atoms with Gasteiger partial charge in [0.25, 0.3) is 0 Å². The molecule has 0 saturated carbocycles. The first-order chi connectivity index (χ1) is 16.2. The van der Waals surface area contributed by atoms with Crippen LogP contribution in [0, 0.1) is 0 Å². The second-order valence-corrected chi connectivity index (χ2v) is 8.12. The lowest BCUT2D eigenvalue weighted by Gasteiger charge is -2.32. The van der Waals surface area contributed by atoms with Gasteiger partial charge in [-0.15, -0.1) is 6.58 Å². The number of hydrogen-bond acceptors (Lipinski definition) is 5. The molecule has 1 N–H and O–H groups in total. The van der Waals surface area contributed by atoms with Crippen LogP contribution in [-0.2, 0) is 38.8 Å². The average molecular weight is 447 g/mol. The van der Waals surface area contributed by atoms with E-state index < -0.39 is 24.1 Å². The molecule has 4 atom stereocenters. The summed E-state index contributed by atoms with van der Waals surface area (Å²) in [7, 11) is 0. The van der Waals surface area contributed by atoms with E-state index in [1.54, 1.807) is 6.08 Å². The highest BCUT2D eigenvalue weighted by Crippen LogP contribution is 2.37. The first-order valence-electron chi connectivity index (χ1n) is 11.1. The highest BCUT2D eigenvalue weighted by Gasteiger charge is 2.55. The van der Waals surface area contributed by atoms with E-state index in [1.165, 1.54) is 0 Å². The van der Waals surface area contributed by atoms with Gasteiger partial charge in [-0.2, -0.15) is 0 Å². The lowest BCUT2D eigenvalue weighted by molar-refractivity contribution is -0.171. The van der Waals surface area contributed by atoms with Gasteiger partial charge in [0, 0.05) is 0 Å². The van der Waals surface area contributed by atoms with Crippen molar-refractivity contribution in [1.29, 1.82) is 0 Å². The summed E-state index contributed by atoms with van der Waals surface area (Å²) >= 11 is 0. The van der Waals surface area contributed by atoms with Crippen molar-refractivity contribution in [2.24, 2.45) is 0 Å². The summed E-state index contributed by atoms with van der Waals surface area (Å²) in [6, 6.07) is 29.6. The van der Waals surface area contributed by atoms with Crippen LogP contribution in [0.1, 0.15) is 16.7 Å². The number of ether oxygens (including phenoxy) is 4. The van der Waals surface area contributed by atoms with Crippen LogP contribution >= 0.6 is 0 Å². The largest absolute Gasteiger partial charge is 0.373 e. The van der Waals surface area contributed by atoms with Crippen LogP contribution in [0.4, 0.5) is 0 Å². The van der Waals surface area contributed by atoms with Crippen molar-refractivity contribution in [2.45, 2.75) is 43.9 Å². The minimum Gasteiger partial charge on any atom is -0.373 e. The molecule has 4 rings (SSSR count). The SMILES string of the molecule is C=C[C@]1(COCc2ccccc2)OC(O)[C@H](OCc2ccccc2)[C@@H]1OCc1ccccc1. The summed E-state index contributed by atoms with van der Waals surface area (Å²) in [6.07, 6.45) is -0.826. The highest BCUT2D eigenvalue weighted by atomic mass is 16.7. The second kappa shape index (κ2) is 11.4. The van der Waals surface area contributed by atoms with E-state index in [4.69, 9.17) is 18.9 Å². The normalized spacial score (nSPS) is 24.6. The molecule has 3 aromatic rings. The lowest BCUT2D eigenvalue weighted by atomic mass is 9.95. The molecule has 1 fully saturated rings. The first-order valence-corrected chi connectivity index (χ1v) is 11.1. The van der Waals surface area contributed by atoms with Crippen LogP contribution in [0.15, 0.2) is 104 Å². The fourth-order valence-corrected chi connectivity index (χ4v) is 3.96. The van der Waals surface area contributed by atoms with Crippen molar-refractivity contribution in [3.63, 3.8) is 0 Å². The Bertz CT molecular complexity index is 979. The molecule has 0 bridgehead atoms. The van der Waals surface area contributed by atoms with Crippen LogP contribution in [0.2, 0.25) is 0 Å². The molecule has 1 saturated heterocycles. The molecule has 5 heteroatoms. The van der Waals surface area contributed by atoms with Gasteiger partial charge in [-0.1, -0.05) is 97.1 Å². The van der Waals surface area contributed by atoms with Gasteiger partial charge >= 0.3 is 0 Å². The molecule has 1 heterocycles. The molecule has 0 amide bonds. The van der Waals surface area contributed by atoms with Gasteiger partial charge in [-0.3, -0.25) is 0 Å². The van der Waals surface area contributed by atoms with Crippen LogP contribution < -0.4 is 0 Å². The van der Waals surface area contributed by atoms with Gasteiger partial charge in [-0.25, -0.2) is 0 Å². The standard InChI is InChI=1S/C28H30O5/c1-2-28(21-30-18-22-12-6-3-7-13-22)26(32-20-24-16-10-5-11-17-24)25(27(29)33-28)31-19-23-14-8-4-9-15-23/h2-17,25-27,29H,1,18-21H2/t25-,26+,27?,28-/m1/s1. The van der Waals surface area contributed by atoms with E-state index in [0.29, 0.717) is 19.8 Å². The second-order valence-electron chi connectivity index (χ2n) is 8.12. The van der Waals surface area contributed by atoms with Gasteiger partial charge in [0.1, 0.15) is 17.8 Å². The zero-order chi connectivity index (χ0) is 22.9. The summed E-state index contributed by atoms with van der Waals surface area (Å²) in [5.74, 6) is 0. The Morgan fingerprint density at radius 3 is 1.76 bits per heavy atom. The number of hydrogen-bond donors (Lipinski definition) is 1. The number of benzene rings is 3. The van der Waals surface area contributed by atoms with E-state index in [2.05, 4.69) is 6.58 Å². The van der Waals surface area contributed by atoms with Crippen LogP contribution in [0.3, 0.4) is 0 Å². The molecule has 1 unspecified atom stereocenters. The molecule has 172 valence electrons. The molecule has 0 radical (unpaired) electrons. The van der Waals surface area contributed by atoms with Gasteiger partial charge in [0.2, 0.25) is 0 Å². The van der Waals surface area contributed by atoms with Crippen LogP contribution in [0.25, 0.3) is 0 Å². The third-order valence-electron chi connectivity index (χ3n) is 5.74. The van der Waals surface area contributed by atoms with Crippen molar-refractivity contribution >= 4 is 0 Å². The molecule has 5 nitrogen and oxygen atoms in total. The van der Waals surface area contributed by atoms with E-state index in [1.807, 2.05) is 91.0 Å². The molecule has 0 spiro atoms. The Kier molecular flexibility index (Phi) is 8.05. The fourth-order valence-electron chi connectivity index (χ4n) is 3.96. The third kappa shape index (κ3) is 5.96. The average Bonchev–Trinajstić information content (AvgIpc) is 3.14. The molecule has 1 aliphatic rings. The monoisotopic (exact) mass is 446 g/mol. The van der Waals surface area contributed by atoms with Gasteiger partial charge in [0.15, 0.2) is 6.29 Å². The first kappa shape index (κ1) is 23.4. The molecule has 1 aliphatic heterocycles. The highest BCUT2D eigenvalue weighted by molar-refractivity contribution is 5.17. The van der Waals surface area contributed by atoms with E-state index in [-0.39, 0.29) is 6.61 Å². The molecular weight excluding hydrogens is 416 g/mol. The van der Waals surface area contributed by atoms with Crippen LogP contribution in [0.5, 0.6) is 0 Å². The Morgan fingerprint density at radius 2 is 1.24 bits per heavy atom. The van der Waals surface area contributed by atoms with E-state index in [0.717, 1.165) is 16.7 Å². The predicted molar refractivity (Wildman–Crippen MR) is 126 cm³/mol. The van der Waals surface area contributed by atoms with Crippen molar-refractivity contribution in [2.75, 3.05) is 6.61 Å². The lowest BCUT2D eigenvalue weighted by Crippen LogP contribution is -2.47. The van der Waals surface area contributed by atoms with Crippen molar-refractivity contribution < 1.29 is 24.1 Å². The van der Waals surface area contributed by atoms with Gasteiger partial charge < -0.3 is 24.1 Å². The molecule has 3 aromatic carbocycles. The maximum atomic E-state index is 10.8. The Balaban J connectivity index is 1.49. The zero-order valence-electron chi connectivity index (χ0n) is 18.6. The Hall–Kier alpha value is -2.80. The minimum absolute atomic E-state index is 0.174. The van der Waals surface area contributed by atoms with Crippen molar-refractivity contribution in [3.8, 4) is 0 Å². The predicted octanol–water partition coefficient (Wildman–Crippen LogP) is 4.65. The zero-order valence-corrected chi connectivity index (χ0v) is 18.6. The topological polar surface area (TPSA) is 57.2 Å². The fraction of sp³-hybridized carbons (Fsp3) is 0.286. The van der Waals surface area contributed by atoms with Gasteiger partial charge in [0.05, 0.1) is 26.4 Å². The quantitative estimate of drug-likeness (QED) is 0.435. The maximum Gasteiger partial charge on any atom is 0.185 e. The van der Waals surface area contributed by atoms with Crippen molar-refractivity contribution in [3.05, 3.63) is 120 Å². The number of aliphatic hydroxyl groups is 1. The molecule has 33 heavy (non-hydrogen) atoms. The Morgan fingerprint density at radius 1 is 0.758 bits per heavy atom. The van der Waals surface area contributed by atoms with E-state index in [9.17, 15) is 5.11 Å². The Labute approximate surface area is 195 Å². The summed E-state index contributed by atoms with van der Waals surface area (Å²) in [4.78, 5) is 0. The van der Waals surface area contributed by atoms with E-state index >= 15 is 0 Å². The third-order valence-corrected chi connectivity index (χ3v) is 5.74. The molecule has 0 aromatic heterocycles. The summed E-state index contributed by atoms with van der Waals surface area (Å²) in [6.45, 7) is 5.25. The number of aliphatic hydroxyl groups excluding tert-OH is 1. The molecular formula is C28H30O5. The number of rotatable bonds is 11. The van der Waals surface area contributed by atoms with Crippen LogP contribution in [-0.4, -0.2) is 35.8 Å². The van der Waals surface area contributed by atoms with Gasteiger partial charge in [-0.05, 0) is 16.7 Å². The summed E-state index contributed by atoms with van der Waals surface area (Å²) in [5, 5.41) is 10.8. The smallest absolute Gasteiger partial charge is 0.185 e. The maximum absolute atomic E-state index is 10.8. The summed E-state index contributed by atoms with van der Waals surface area (Å²) < 4.78 is 24.4.